The van der Waals surface area contributed by atoms with Crippen LogP contribution in [0.25, 0.3) is 0 Å². The van der Waals surface area contributed by atoms with Gasteiger partial charge in [0.2, 0.25) is 0 Å². The number of Topliss-reactive ketones (excluding diaryl/α,β-unsaturated/α-hetero) is 1. The van der Waals surface area contributed by atoms with Crippen molar-refractivity contribution >= 4 is 17.8 Å². The molecule has 0 aliphatic carbocycles. The highest BCUT2D eigenvalue weighted by Crippen LogP contribution is 2.16. The summed E-state index contributed by atoms with van der Waals surface area (Å²) in [6.07, 6.45) is 3.22. The van der Waals surface area contributed by atoms with Gasteiger partial charge < -0.3 is 4.57 Å². The second-order valence-corrected chi connectivity index (χ2v) is 2.47. The fourth-order valence-electron chi connectivity index (χ4n) is 0.947. The summed E-state index contributed by atoms with van der Waals surface area (Å²) in [4.78, 5) is 19.0. The summed E-state index contributed by atoms with van der Waals surface area (Å²) >= 11 is 0. The third-order valence-corrected chi connectivity index (χ3v) is 1.49. The van der Waals surface area contributed by atoms with Crippen LogP contribution in [0.3, 0.4) is 0 Å². The molecule has 0 N–H and O–H groups in total. The smallest absolute Gasteiger partial charge is 0.181 e. The summed E-state index contributed by atoms with van der Waals surface area (Å²) in [7, 11) is 1.81. The minimum atomic E-state index is -0.0591. The van der Waals surface area contributed by atoms with Crippen molar-refractivity contribution in [1.29, 1.82) is 0 Å². The van der Waals surface area contributed by atoms with E-state index >= 15 is 0 Å². The lowest BCUT2D eigenvalue weighted by molar-refractivity contribution is 0.101. The summed E-state index contributed by atoms with van der Waals surface area (Å²) in [6, 6.07) is 0. The van der Waals surface area contributed by atoms with Gasteiger partial charge in [-0.25, -0.2) is 9.98 Å². The Balaban J connectivity index is 0.000000791. The number of hydrogen-bond acceptors (Lipinski definition) is 3. The highest BCUT2D eigenvalue weighted by atomic mass is 16.1. The summed E-state index contributed by atoms with van der Waals surface area (Å²) in [6.45, 7) is 7.29. The van der Waals surface area contributed by atoms with Gasteiger partial charge in [0.25, 0.3) is 0 Å². The van der Waals surface area contributed by atoms with E-state index in [0.29, 0.717) is 11.5 Å². The van der Waals surface area contributed by atoms with Crippen LogP contribution in [0.4, 0.5) is 5.82 Å². The van der Waals surface area contributed by atoms with Crippen molar-refractivity contribution in [3.05, 3.63) is 12.0 Å². The number of hydrogen-bond donors (Lipinski definition) is 0. The highest BCUT2D eigenvalue weighted by molar-refractivity contribution is 5.96. The van der Waals surface area contributed by atoms with Crippen LogP contribution < -0.4 is 0 Å². The third kappa shape index (κ3) is 2.80. The SMILES string of the molecule is C/C=N\c1c(C(C)=O)ncn1C.CC. The number of carbonyl (C=O) groups is 1. The van der Waals surface area contributed by atoms with Crippen molar-refractivity contribution in [3.8, 4) is 0 Å². The molecule has 0 aromatic carbocycles. The monoisotopic (exact) mass is 195 g/mol. The van der Waals surface area contributed by atoms with Crippen molar-refractivity contribution in [2.75, 3.05) is 0 Å². The summed E-state index contributed by atoms with van der Waals surface area (Å²) in [5.41, 5.74) is 0.426. The van der Waals surface area contributed by atoms with Crippen LogP contribution in [0.1, 0.15) is 38.2 Å². The largest absolute Gasteiger partial charge is 0.318 e. The van der Waals surface area contributed by atoms with Crippen molar-refractivity contribution in [3.63, 3.8) is 0 Å². The minimum absolute atomic E-state index is 0.0591. The van der Waals surface area contributed by atoms with Gasteiger partial charge in [0, 0.05) is 20.2 Å². The molecule has 0 atom stereocenters. The van der Waals surface area contributed by atoms with Crippen molar-refractivity contribution < 1.29 is 4.79 Å². The Bertz CT molecular complexity index is 326. The standard InChI is InChI=1S/C8H11N3O.C2H6/c1-4-9-8-7(6(2)12)10-5-11(8)3;1-2/h4-5H,1-3H3;1-2H3/b9-4-;. The molecule has 4 heteroatoms. The predicted octanol–water partition coefficient (Wildman–Crippen LogP) is 2.37. The number of ketones is 1. The average molecular weight is 195 g/mol. The van der Waals surface area contributed by atoms with E-state index in [2.05, 4.69) is 9.98 Å². The zero-order valence-electron chi connectivity index (χ0n) is 9.40. The average Bonchev–Trinajstić information content (AvgIpc) is 2.52. The Morgan fingerprint density at radius 1 is 1.57 bits per heavy atom. The predicted molar refractivity (Wildman–Crippen MR) is 58.4 cm³/mol. The molecule has 4 nitrogen and oxygen atoms in total. The van der Waals surface area contributed by atoms with Gasteiger partial charge in [0.05, 0.1) is 6.33 Å². The first kappa shape index (κ1) is 12.6. The molecule has 1 aromatic heterocycles. The number of rotatable bonds is 2. The maximum Gasteiger partial charge on any atom is 0.181 e. The van der Waals surface area contributed by atoms with E-state index in [9.17, 15) is 4.79 Å². The molecule has 0 amide bonds. The van der Waals surface area contributed by atoms with E-state index in [-0.39, 0.29) is 5.78 Å². The van der Waals surface area contributed by atoms with Gasteiger partial charge in [-0.15, -0.1) is 0 Å². The summed E-state index contributed by atoms with van der Waals surface area (Å²) in [5, 5.41) is 0. The Hall–Kier alpha value is -1.45. The number of nitrogens with zero attached hydrogens (tertiary/aromatic N) is 3. The molecule has 1 rings (SSSR count). The first-order valence-electron chi connectivity index (χ1n) is 4.67. The van der Waals surface area contributed by atoms with Crippen LogP contribution in [0.5, 0.6) is 0 Å². The van der Waals surface area contributed by atoms with E-state index in [1.54, 1.807) is 24.0 Å². The molecule has 0 unspecified atom stereocenters. The summed E-state index contributed by atoms with van der Waals surface area (Å²) < 4.78 is 1.72. The van der Waals surface area contributed by atoms with Crippen LogP contribution in [0, 0.1) is 0 Å². The van der Waals surface area contributed by atoms with Gasteiger partial charge in [-0.1, -0.05) is 13.8 Å². The van der Waals surface area contributed by atoms with Gasteiger partial charge in [0.15, 0.2) is 17.3 Å². The number of aliphatic imine (C=N–C) groups is 1. The van der Waals surface area contributed by atoms with Crippen molar-refractivity contribution in [2.45, 2.75) is 27.7 Å². The van der Waals surface area contributed by atoms with Crippen LogP contribution in [0.15, 0.2) is 11.3 Å². The Kier molecular flexibility index (Phi) is 5.44. The number of aromatic nitrogens is 2. The first-order valence-corrected chi connectivity index (χ1v) is 4.67. The molecule has 14 heavy (non-hydrogen) atoms. The molecule has 1 heterocycles. The number of imidazole rings is 1. The number of aryl methyl sites for hydroxylation is 1. The van der Waals surface area contributed by atoms with Gasteiger partial charge in [-0.05, 0) is 6.92 Å². The zero-order chi connectivity index (χ0) is 11.1. The van der Waals surface area contributed by atoms with Gasteiger partial charge >= 0.3 is 0 Å². The normalized spacial score (nSPS) is 9.79. The Labute approximate surface area is 84.7 Å². The maximum atomic E-state index is 11.0. The molecule has 0 bridgehead atoms. The molecule has 0 spiro atoms. The molecule has 0 aliphatic rings. The van der Waals surface area contributed by atoms with Crippen LogP contribution in [-0.2, 0) is 7.05 Å². The maximum absolute atomic E-state index is 11.0. The molecule has 0 saturated carbocycles. The molecule has 78 valence electrons. The zero-order valence-corrected chi connectivity index (χ0v) is 9.40. The second-order valence-electron chi connectivity index (χ2n) is 2.47. The van der Waals surface area contributed by atoms with Gasteiger partial charge in [0.1, 0.15) is 0 Å². The molecular weight excluding hydrogens is 178 g/mol. The van der Waals surface area contributed by atoms with Crippen molar-refractivity contribution in [1.82, 2.24) is 9.55 Å². The molecule has 0 radical (unpaired) electrons. The lowest BCUT2D eigenvalue weighted by Gasteiger charge is -1.95. The molecule has 0 aliphatic heterocycles. The van der Waals surface area contributed by atoms with E-state index in [1.165, 1.54) is 6.92 Å². The lowest BCUT2D eigenvalue weighted by atomic mass is 10.3. The minimum Gasteiger partial charge on any atom is -0.318 e. The van der Waals surface area contributed by atoms with Crippen LogP contribution >= 0.6 is 0 Å². The Morgan fingerprint density at radius 3 is 2.57 bits per heavy atom. The quantitative estimate of drug-likeness (QED) is 0.537. The molecule has 1 aromatic rings. The molecule has 0 saturated heterocycles. The second kappa shape index (κ2) is 6.07. The van der Waals surface area contributed by atoms with Crippen molar-refractivity contribution in [2.24, 2.45) is 12.0 Å². The fraction of sp³-hybridized carbons (Fsp3) is 0.500. The fourth-order valence-corrected chi connectivity index (χ4v) is 0.947. The topological polar surface area (TPSA) is 47.2 Å². The first-order chi connectivity index (χ1) is 6.66. The highest BCUT2D eigenvalue weighted by Gasteiger charge is 2.10. The van der Waals surface area contributed by atoms with E-state index in [4.69, 9.17) is 0 Å². The molecular formula is C10H17N3O. The van der Waals surface area contributed by atoms with E-state index < -0.39 is 0 Å². The molecule has 0 fully saturated rings. The van der Waals surface area contributed by atoms with E-state index in [0.717, 1.165) is 0 Å². The Morgan fingerprint density at radius 2 is 2.14 bits per heavy atom. The number of carbonyl (C=O) groups excluding carboxylic acids is 1. The van der Waals surface area contributed by atoms with E-state index in [1.807, 2.05) is 20.9 Å². The van der Waals surface area contributed by atoms with Crippen LogP contribution in [-0.4, -0.2) is 21.5 Å². The van der Waals surface area contributed by atoms with Gasteiger partial charge in [-0.3, -0.25) is 4.79 Å². The third-order valence-electron chi connectivity index (χ3n) is 1.49. The lowest BCUT2D eigenvalue weighted by Crippen LogP contribution is -1.93. The van der Waals surface area contributed by atoms with Gasteiger partial charge in [-0.2, -0.15) is 0 Å². The summed E-state index contributed by atoms with van der Waals surface area (Å²) in [5.74, 6) is 0.557. The van der Waals surface area contributed by atoms with Crippen LogP contribution in [0.2, 0.25) is 0 Å².